The zero-order chi connectivity index (χ0) is 18.5. The van der Waals surface area contributed by atoms with E-state index in [1.54, 1.807) is 0 Å². The van der Waals surface area contributed by atoms with Gasteiger partial charge in [-0.05, 0) is 46.8 Å². The fourth-order valence-electron chi connectivity index (χ4n) is 3.03. The van der Waals surface area contributed by atoms with Gasteiger partial charge >= 0.3 is 0 Å². The first-order valence-corrected chi connectivity index (χ1v) is 9.33. The van der Waals surface area contributed by atoms with Crippen molar-refractivity contribution in [1.82, 2.24) is 0 Å². The summed E-state index contributed by atoms with van der Waals surface area (Å²) in [6, 6.07) is 30.7. The average molecular weight is 374 g/mol. The third-order valence-electron chi connectivity index (χ3n) is 4.51. The second kappa shape index (κ2) is 8.15. The Morgan fingerprint density at radius 2 is 1.41 bits per heavy atom. The molecule has 27 heavy (non-hydrogen) atoms. The molecule has 0 saturated carbocycles. The molecule has 4 aromatic rings. The van der Waals surface area contributed by atoms with Crippen LogP contribution in [0.4, 0.5) is 5.69 Å². The Morgan fingerprint density at radius 3 is 2.22 bits per heavy atom. The Bertz CT molecular complexity index is 1020. The van der Waals surface area contributed by atoms with Gasteiger partial charge in [0.2, 0.25) is 0 Å². The summed E-state index contributed by atoms with van der Waals surface area (Å²) in [7, 11) is 0. The van der Waals surface area contributed by atoms with Crippen LogP contribution >= 0.6 is 11.6 Å². The number of rotatable bonds is 6. The van der Waals surface area contributed by atoms with E-state index in [4.69, 9.17) is 16.3 Å². The van der Waals surface area contributed by atoms with E-state index >= 15 is 0 Å². The molecule has 4 aromatic carbocycles. The largest absolute Gasteiger partial charge is 0.489 e. The molecule has 134 valence electrons. The lowest BCUT2D eigenvalue weighted by Gasteiger charge is -2.11. The lowest BCUT2D eigenvalue weighted by Crippen LogP contribution is -2.00. The first kappa shape index (κ1) is 17.4. The molecule has 0 atom stereocenters. The molecule has 0 saturated heterocycles. The highest BCUT2D eigenvalue weighted by Crippen LogP contribution is 2.24. The molecule has 0 aliphatic carbocycles. The van der Waals surface area contributed by atoms with Gasteiger partial charge in [0.1, 0.15) is 12.4 Å². The minimum atomic E-state index is 0.533. The van der Waals surface area contributed by atoms with Crippen LogP contribution < -0.4 is 10.1 Å². The Morgan fingerprint density at radius 1 is 0.704 bits per heavy atom. The van der Waals surface area contributed by atoms with E-state index in [1.165, 1.54) is 16.3 Å². The molecule has 0 aliphatic rings. The van der Waals surface area contributed by atoms with Gasteiger partial charge in [-0.2, -0.15) is 0 Å². The lowest BCUT2D eigenvalue weighted by molar-refractivity contribution is 0.306. The van der Waals surface area contributed by atoms with Gasteiger partial charge in [0, 0.05) is 22.6 Å². The number of nitrogens with one attached hydrogen (secondary N) is 1. The van der Waals surface area contributed by atoms with Gasteiger partial charge in [-0.3, -0.25) is 0 Å². The molecular formula is C24H20ClNO. The van der Waals surface area contributed by atoms with Crippen LogP contribution in [0.2, 0.25) is 5.02 Å². The zero-order valence-electron chi connectivity index (χ0n) is 14.9. The van der Waals surface area contributed by atoms with Gasteiger partial charge in [-0.15, -0.1) is 0 Å². The van der Waals surface area contributed by atoms with Crippen LogP contribution in [-0.4, -0.2) is 0 Å². The maximum atomic E-state index is 5.91. The van der Waals surface area contributed by atoms with E-state index in [9.17, 15) is 0 Å². The summed E-state index contributed by atoms with van der Waals surface area (Å²) >= 11 is 5.91. The average Bonchev–Trinajstić information content (AvgIpc) is 2.72. The summed E-state index contributed by atoms with van der Waals surface area (Å²) in [6.07, 6.45) is 0. The van der Waals surface area contributed by atoms with Crippen molar-refractivity contribution in [3.8, 4) is 5.75 Å². The summed E-state index contributed by atoms with van der Waals surface area (Å²) in [5.41, 5.74) is 3.46. The number of halogens is 1. The number of ether oxygens (including phenoxy) is 1. The summed E-state index contributed by atoms with van der Waals surface area (Å²) in [5.74, 6) is 0.860. The molecule has 0 radical (unpaired) electrons. The van der Waals surface area contributed by atoms with Crippen LogP contribution in [0.1, 0.15) is 11.1 Å². The third-order valence-corrected chi connectivity index (χ3v) is 4.77. The maximum Gasteiger partial charge on any atom is 0.119 e. The number of benzene rings is 4. The molecule has 0 bridgehead atoms. The summed E-state index contributed by atoms with van der Waals surface area (Å²) in [5, 5.41) is 6.75. The predicted octanol–water partition coefficient (Wildman–Crippen LogP) is 6.68. The van der Waals surface area contributed by atoms with Crippen molar-refractivity contribution in [2.45, 2.75) is 13.2 Å². The van der Waals surface area contributed by atoms with Gasteiger partial charge < -0.3 is 10.1 Å². The van der Waals surface area contributed by atoms with Gasteiger partial charge in [-0.25, -0.2) is 0 Å². The molecule has 0 aliphatic heterocycles. The Balaban J connectivity index is 1.37. The summed E-state index contributed by atoms with van der Waals surface area (Å²) < 4.78 is 5.84. The fourth-order valence-corrected chi connectivity index (χ4v) is 3.15. The van der Waals surface area contributed by atoms with E-state index in [0.29, 0.717) is 6.61 Å². The first-order chi connectivity index (χ1) is 13.3. The van der Waals surface area contributed by atoms with E-state index in [1.807, 2.05) is 36.4 Å². The Kier molecular flexibility index (Phi) is 5.27. The van der Waals surface area contributed by atoms with Crippen LogP contribution in [0.15, 0.2) is 91.0 Å². The second-order valence-corrected chi connectivity index (χ2v) is 6.88. The van der Waals surface area contributed by atoms with Crippen molar-refractivity contribution in [2.75, 3.05) is 5.32 Å². The molecule has 1 N–H and O–H groups in total. The Hall–Kier alpha value is -2.97. The monoisotopic (exact) mass is 373 g/mol. The number of anilines is 1. The third kappa shape index (κ3) is 4.42. The SMILES string of the molecule is Clc1ccc(COc2ccc(CNc3cccc4ccccc34)cc2)cc1. The van der Waals surface area contributed by atoms with Crippen LogP contribution in [-0.2, 0) is 13.2 Å². The van der Waals surface area contributed by atoms with Crippen LogP contribution in [0, 0.1) is 0 Å². The van der Waals surface area contributed by atoms with E-state index in [0.717, 1.165) is 28.6 Å². The molecule has 0 amide bonds. The smallest absolute Gasteiger partial charge is 0.119 e. The van der Waals surface area contributed by atoms with Crippen molar-refractivity contribution in [2.24, 2.45) is 0 Å². The quantitative estimate of drug-likeness (QED) is 0.406. The molecule has 2 nitrogen and oxygen atoms in total. The van der Waals surface area contributed by atoms with Crippen molar-refractivity contribution in [1.29, 1.82) is 0 Å². The molecule has 0 fully saturated rings. The number of hydrogen-bond acceptors (Lipinski definition) is 2. The van der Waals surface area contributed by atoms with E-state index in [2.05, 4.69) is 59.9 Å². The van der Waals surface area contributed by atoms with Gasteiger partial charge in [-0.1, -0.05) is 72.3 Å². The molecule has 0 heterocycles. The number of fused-ring (bicyclic) bond motifs is 1. The summed E-state index contributed by atoms with van der Waals surface area (Å²) in [6.45, 7) is 1.30. The van der Waals surface area contributed by atoms with Crippen LogP contribution in [0.25, 0.3) is 10.8 Å². The molecule has 0 unspecified atom stereocenters. The molecule has 0 spiro atoms. The first-order valence-electron chi connectivity index (χ1n) is 8.96. The normalized spacial score (nSPS) is 10.7. The lowest BCUT2D eigenvalue weighted by atomic mass is 10.1. The molecule has 0 aromatic heterocycles. The molecule has 4 rings (SSSR count). The van der Waals surface area contributed by atoms with Crippen molar-refractivity contribution in [3.05, 3.63) is 107 Å². The minimum absolute atomic E-state index is 0.533. The second-order valence-electron chi connectivity index (χ2n) is 6.44. The standard InChI is InChI=1S/C24H20ClNO/c25-21-12-8-19(9-13-21)17-27-22-14-10-18(11-15-22)16-26-24-7-3-5-20-4-1-2-6-23(20)24/h1-15,26H,16-17H2. The maximum absolute atomic E-state index is 5.91. The van der Waals surface area contributed by atoms with Crippen molar-refractivity contribution < 1.29 is 4.74 Å². The highest BCUT2D eigenvalue weighted by Gasteiger charge is 2.01. The van der Waals surface area contributed by atoms with Crippen LogP contribution in [0.5, 0.6) is 5.75 Å². The van der Waals surface area contributed by atoms with E-state index in [-0.39, 0.29) is 0 Å². The Labute approximate surface area is 164 Å². The highest BCUT2D eigenvalue weighted by atomic mass is 35.5. The zero-order valence-corrected chi connectivity index (χ0v) is 15.6. The molecule has 3 heteroatoms. The van der Waals surface area contributed by atoms with Gasteiger partial charge in [0.25, 0.3) is 0 Å². The number of hydrogen-bond donors (Lipinski definition) is 1. The highest BCUT2D eigenvalue weighted by molar-refractivity contribution is 6.30. The van der Waals surface area contributed by atoms with Crippen molar-refractivity contribution in [3.63, 3.8) is 0 Å². The van der Waals surface area contributed by atoms with Gasteiger partial charge in [0.05, 0.1) is 0 Å². The predicted molar refractivity (Wildman–Crippen MR) is 114 cm³/mol. The summed E-state index contributed by atoms with van der Waals surface area (Å²) in [4.78, 5) is 0. The van der Waals surface area contributed by atoms with Crippen LogP contribution in [0.3, 0.4) is 0 Å². The van der Waals surface area contributed by atoms with Crippen molar-refractivity contribution >= 4 is 28.1 Å². The fraction of sp³-hybridized carbons (Fsp3) is 0.0833. The topological polar surface area (TPSA) is 21.3 Å². The molecular weight excluding hydrogens is 354 g/mol. The van der Waals surface area contributed by atoms with E-state index < -0.39 is 0 Å². The minimum Gasteiger partial charge on any atom is -0.489 e. The van der Waals surface area contributed by atoms with Gasteiger partial charge in [0.15, 0.2) is 0 Å².